The van der Waals surface area contributed by atoms with Crippen LogP contribution in [-0.2, 0) is 11.0 Å². The van der Waals surface area contributed by atoms with Crippen LogP contribution in [0.3, 0.4) is 0 Å². The Bertz CT molecular complexity index is 255. The fourth-order valence-corrected chi connectivity index (χ4v) is 1.37. The molecule has 0 fully saturated rings. The van der Waals surface area contributed by atoms with Crippen LogP contribution in [0.15, 0.2) is 27.5 Å². The molecule has 0 aliphatic carbocycles. The van der Waals surface area contributed by atoms with Gasteiger partial charge in [0.05, 0.1) is 4.91 Å². The van der Waals surface area contributed by atoms with Crippen molar-refractivity contribution < 1.29 is 4.21 Å². The lowest BCUT2D eigenvalue weighted by Crippen LogP contribution is -1.89. The third-order valence-electron chi connectivity index (χ3n) is 1.11. The van der Waals surface area contributed by atoms with Crippen LogP contribution < -0.4 is 0 Å². The molecule has 1 rings (SSSR count). The van der Waals surface area contributed by atoms with Crippen molar-refractivity contribution in [2.45, 2.75) is 0 Å². The van der Waals surface area contributed by atoms with E-state index in [1.54, 1.807) is 0 Å². The van der Waals surface area contributed by atoms with Gasteiger partial charge in [0.25, 0.3) is 0 Å². The molecule has 1 heterocycles. The highest BCUT2D eigenvalue weighted by molar-refractivity contribution is 7.89. The molecule has 1 unspecified atom stereocenters. The lowest BCUT2D eigenvalue weighted by atomic mass is 10.3. The van der Waals surface area contributed by atoms with E-state index in [4.69, 9.17) is 5.41 Å². The summed E-state index contributed by atoms with van der Waals surface area (Å²) >= 11 is 0. The van der Waals surface area contributed by atoms with E-state index in [1.807, 2.05) is 0 Å². The molecule has 1 aliphatic heterocycles. The van der Waals surface area contributed by atoms with Gasteiger partial charge in [-0.2, -0.15) is 4.40 Å². The molecule has 1 atom stereocenters. The molecule has 52 valence electrons. The molecule has 1 aliphatic rings. The number of hydrogen-bond acceptors (Lipinski definition) is 2. The van der Waals surface area contributed by atoms with Crippen molar-refractivity contribution in [3.63, 3.8) is 0 Å². The van der Waals surface area contributed by atoms with E-state index in [-0.39, 0.29) is 0 Å². The summed E-state index contributed by atoms with van der Waals surface area (Å²) in [5, 5.41) is 6.86. The molecule has 0 radical (unpaired) electrons. The molecule has 4 heteroatoms. The number of nitrogens with zero attached hydrogens (tertiary/aromatic N) is 1. The van der Waals surface area contributed by atoms with Gasteiger partial charge in [-0.3, -0.25) is 0 Å². The first-order valence-corrected chi connectivity index (χ1v) is 3.73. The van der Waals surface area contributed by atoms with E-state index in [0.29, 0.717) is 10.5 Å². The van der Waals surface area contributed by atoms with E-state index >= 15 is 0 Å². The Morgan fingerprint density at radius 1 is 1.80 bits per heavy atom. The summed E-state index contributed by atoms with van der Waals surface area (Å²) in [5.41, 5.74) is 0.674. The van der Waals surface area contributed by atoms with E-state index in [0.717, 1.165) is 6.21 Å². The maximum atomic E-state index is 10.8. The highest BCUT2D eigenvalue weighted by atomic mass is 32.2. The third-order valence-corrected chi connectivity index (χ3v) is 2.14. The van der Waals surface area contributed by atoms with Gasteiger partial charge in [0, 0.05) is 18.0 Å². The summed E-state index contributed by atoms with van der Waals surface area (Å²) in [7, 11) is -1.36. The molecule has 0 aromatic carbocycles. The minimum absolute atomic E-state index is 0.426. The van der Waals surface area contributed by atoms with Gasteiger partial charge in [-0.1, -0.05) is 12.7 Å². The van der Waals surface area contributed by atoms with Crippen molar-refractivity contribution >= 4 is 23.4 Å². The zero-order valence-electron chi connectivity index (χ0n) is 5.20. The van der Waals surface area contributed by atoms with E-state index in [2.05, 4.69) is 11.0 Å². The summed E-state index contributed by atoms with van der Waals surface area (Å²) in [6, 6.07) is 0. The van der Waals surface area contributed by atoms with Crippen molar-refractivity contribution in [1.82, 2.24) is 0 Å². The fourth-order valence-electron chi connectivity index (χ4n) is 0.613. The van der Waals surface area contributed by atoms with Crippen LogP contribution in [0.25, 0.3) is 0 Å². The largest absolute Gasteiger partial charge is 0.307 e. The Labute approximate surface area is 61.3 Å². The average molecular weight is 154 g/mol. The summed E-state index contributed by atoms with van der Waals surface area (Å²) in [5.74, 6) is 0. The summed E-state index contributed by atoms with van der Waals surface area (Å²) in [6.45, 7) is 3.49. The summed E-state index contributed by atoms with van der Waals surface area (Å²) in [4.78, 5) is 0.426. The van der Waals surface area contributed by atoms with E-state index in [9.17, 15) is 4.21 Å². The SMILES string of the molecule is C=CC1=C(C=N)S(=O)N=C1. The van der Waals surface area contributed by atoms with Gasteiger partial charge in [0.15, 0.2) is 11.0 Å². The molecular weight excluding hydrogens is 148 g/mol. The molecule has 0 aromatic heterocycles. The highest BCUT2D eigenvalue weighted by Crippen LogP contribution is 2.13. The Morgan fingerprint density at radius 2 is 2.50 bits per heavy atom. The average Bonchev–Trinajstić information content (AvgIpc) is 2.30. The summed E-state index contributed by atoms with van der Waals surface area (Å²) in [6.07, 6.45) is 4.04. The van der Waals surface area contributed by atoms with Gasteiger partial charge in [0.2, 0.25) is 0 Å². The van der Waals surface area contributed by atoms with Crippen molar-refractivity contribution in [3.8, 4) is 0 Å². The monoisotopic (exact) mass is 154 g/mol. The minimum Gasteiger partial charge on any atom is -0.307 e. The first-order valence-electron chi connectivity index (χ1n) is 2.62. The van der Waals surface area contributed by atoms with E-state index < -0.39 is 11.0 Å². The van der Waals surface area contributed by atoms with Gasteiger partial charge in [-0.25, -0.2) is 4.21 Å². The predicted molar refractivity (Wildman–Crippen MR) is 42.6 cm³/mol. The van der Waals surface area contributed by atoms with Crippen LogP contribution in [0.5, 0.6) is 0 Å². The molecule has 1 N–H and O–H groups in total. The topological polar surface area (TPSA) is 53.3 Å². The second-order valence-corrected chi connectivity index (χ2v) is 2.80. The predicted octanol–water partition coefficient (Wildman–Crippen LogP) is 0.824. The quantitative estimate of drug-likeness (QED) is 0.588. The third kappa shape index (κ3) is 0.974. The second-order valence-electron chi connectivity index (χ2n) is 1.65. The molecule has 3 nitrogen and oxygen atoms in total. The molecular formula is C6H6N2OS. The van der Waals surface area contributed by atoms with Gasteiger partial charge in [-0.05, 0) is 0 Å². The molecule has 0 amide bonds. The van der Waals surface area contributed by atoms with Crippen molar-refractivity contribution in [3.05, 3.63) is 23.1 Å². The number of rotatable bonds is 2. The van der Waals surface area contributed by atoms with Gasteiger partial charge in [0.1, 0.15) is 0 Å². The maximum Gasteiger partial charge on any atom is 0.174 e. The number of hydrogen-bond donors (Lipinski definition) is 1. The minimum atomic E-state index is -1.36. The Hall–Kier alpha value is -1.03. The van der Waals surface area contributed by atoms with Crippen LogP contribution >= 0.6 is 0 Å². The molecule has 0 bridgehead atoms. The lowest BCUT2D eigenvalue weighted by Gasteiger charge is -1.87. The molecule has 10 heavy (non-hydrogen) atoms. The van der Waals surface area contributed by atoms with Gasteiger partial charge >= 0.3 is 0 Å². The van der Waals surface area contributed by atoms with E-state index in [1.165, 1.54) is 12.3 Å². The Morgan fingerprint density at radius 3 is 2.90 bits per heavy atom. The highest BCUT2D eigenvalue weighted by Gasteiger charge is 2.12. The van der Waals surface area contributed by atoms with Crippen LogP contribution in [0.2, 0.25) is 0 Å². The number of allylic oxidation sites excluding steroid dienone is 3. The first kappa shape index (κ1) is 7.08. The Kier molecular flexibility index (Phi) is 1.91. The normalized spacial score (nSPS) is 23.4. The van der Waals surface area contributed by atoms with Gasteiger partial charge in [-0.15, -0.1) is 0 Å². The molecule has 0 saturated carbocycles. The van der Waals surface area contributed by atoms with Crippen LogP contribution in [0, 0.1) is 5.41 Å². The van der Waals surface area contributed by atoms with Crippen molar-refractivity contribution in [1.29, 1.82) is 5.41 Å². The van der Waals surface area contributed by atoms with Crippen LogP contribution in [0.4, 0.5) is 0 Å². The second kappa shape index (κ2) is 2.70. The first-order chi connectivity index (χ1) is 4.79. The lowest BCUT2D eigenvalue weighted by molar-refractivity contribution is 0.689. The molecule has 0 spiro atoms. The summed E-state index contributed by atoms with van der Waals surface area (Å²) < 4.78 is 14.4. The standard InChI is InChI=1S/C6H6N2OS/c1-2-5-4-8-10(9)6(5)3-7/h2-4,7H,1H2. The Balaban J connectivity index is 3.12. The maximum absolute atomic E-state index is 10.8. The van der Waals surface area contributed by atoms with Gasteiger partial charge < -0.3 is 5.41 Å². The van der Waals surface area contributed by atoms with Crippen molar-refractivity contribution in [2.24, 2.45) is 4.40 Å². The van der Waals surface area contributed by atoms with Crippen LogP contribution in [0.1, 0.15) is 0 Å². The molecule has 0 saturated heterocycles. The number of nitrogens with one attached hydrogen (secondary N) is 1. The molecule has 0 aromatic rings. The van der Waals surface area contributed by atoms with Crippen LogP contribution in [-0.4, -0.2) is 16.6 Å². The van der Waals surface area contributed by atoms with Crippen molar-refractivity contribution in [2.75, 3.05) is 0 Å². The zero-order chi connectivity index (χ0) is 7.56. The fraction of sp³-hybridized carbons (Fsp3) is 0. The zero-order valence-corrected chi connectivity index (χ0v) is 6.02. The smallest absolute Gasteiger partial charge is 0.174 e.